The van der Waals surface area contributed by atoms with E-state index in [0.29, 0.717) is 22.3 Å². The summed E-state index contributed by atoms with van der Waals surface area (Å²) in [5.74, 6) is -0.297. The van der Waals surface area contributed by atoms with Crippen molar-refractivity contribution < 1.29 is 13.2 Å². The molecule has 0 saturated heterocycles. The van der Waals surface area contributed by atoms with Gasteiger partial charge in [0.05, 0.1) is 21.8 Å². The van der Waals surface area contributed by atoms with E-state index in [-0.39, 0.29) is 22.4 Å². The zero-order valence-electron chi connectivity index (χ0n) is 13.5. The van der Waals surface area contributed by atoms with E-state index in [0.717, 1.165) is 6.26 Å². The largest absolute Gasteiger partial charge is 0.348 e. The summed E-state index contributed by atoms with van der Waals surface area (Å²) in [5, 5.41) is 2.91. The minimum Gasteiger partial charge on any atom is -0.348 e. The van der Waals surface area contributed by atoms with Gasteiger partial charge in [0.25, 0.3) is 5.91 Å². The highest BCUT2D eigenvalue weighted by atomic mass is 35.5. The van der Waals surface area contributed by atoms with Crippen LogP contribution < -0.4 is 5.32 Å². The second kappa shape index (κ2) is 6.45. The number of hydrogen-bond donors (Lipinski definition) is 1. The van der Waals surface area contributed by atoms with Gasteiger partial charge in [-0.3, -0.25) is 4.79 Å². The zero-order valence-corrected chi connectivity index (χ0v) is 15.1. The Morgan fingerprint density at radius 1 is 1.28 bits per heavy atom. The summed E-state index contributed by atoms with van der Waals surface area (Å²) in [6.07, 6.45) is 4.24. The molecule has 1 aromatic carbocycles. The quantitative estimate of drug-likeness (QED) is 0.748. The molecule has 0 fully saturated rings. The molecule has 130 valence electrons. The third-order valence-electron chi connectivity index (χ3n) is 3.69. The number of nitrogens with zero attached hydrogens (tertiary/aromatic N) is 3. The van der Waals surface area contributed by atoms with Crippen LogP contribution in [0.25, 0.3) is 11.2 Å². The number of imidazole rings is 1. The normalized spacial score (nSPS) is 11.6. The first-order chi connectivity index (χ1) is 11.8. The maximum atomic E-state index is 12.4. The molecule has 0 aliphatic heterocycles. The molecule has 1 N–H and O–H groups in total. The van der Waals surface area contributed by atoms with Gasteiger partial charge in [0.2, 0.25) is 0 Å². The molecule has 0 saturated carbocycles. The molecule has 0 radical (unpaired) electrons. The average Bonchev–Trinajstić information content (AvgIpc) is 2.93. The number of hydrogen-bond acceptors (Lipinski definition) is 5. The molecule has 3 aromatic rings. The summed E-state index contributed by atoms with van der Waals surface area (Å²) in [4.78, 5) is 20.9. The monoisotopic (exact) mass is 378 g/mol. The number of pyridine rings is 1. The summed E-state index contributed by atoms with van der Waals surface area (Å²) in [5.41, 5.74) is 2.25. The van der Waals surface area contributed by atoms with Gasteiger partial charge in [0, 0.05) is 26.0 Å². The number of aromatic nitrogens is 3. The average molecular weight is 379 g/mol. The van der Waals surface area contributed by atoms with Gasteiger partial charge in [-0.25, -0.2) is 18.4 Å². The first kappa shape index (κ1) is 17.4. The summed E-state index contributed by atoms with van der Waals surface area (Å²) in [6.45, 7) is 0.208. The first-order valence-corrected chi connectivity index (χ1v) is 9.57. The number of aryl methyl sites for hydroxylation is 1. The van der Waals surface area contributed by atoms with Crippen molar-refractivity contribution in [1.29, 1.82) is 0 Å². The van der Waals surface area contributed by atoms with Gasteiger partial charge in [0.1, 0.15) is 5.52 Å². The fourth-order valence-corrected chi connectivity index (χ4v) is 3.80. The molecule has 2 heterocycles. The Hall–Kier alpha value is -2.45. The lowest BCUT2D eigenvalue weighted by Crippen LogP contribution is -2.23. The summed E-state index contributed by atoms with van der Waals surface area (Å²) in [7, 11) is -1.58. The van der Waals surface area contributed by atoms with E-state index in [1.54, 1.807) is 36.3 Å². The highest BCUT2D eigenvalue weighted by molar-refractivity contribution is 7.90. The lowest BCUT2D eigenvalue weighted by atomic mass is 10.2. The van der Waals surface area contributed by atoms with Crippen molar-refractivity contribution in [1.82, 2.24) is 19.9 Å². The van der Waals surface area contributed by atoms with Crippen LogP contribution in [0.2, 0.25) is 5.02 Å². The third-order valence-corrected chi connectivity index (χ3v) is 5.27. The Balaban J connectivity index is 1.79. The van der Waals surface area contributed by atoms with Crippen molar-refractivity contribution in [3.05, 3.63) is 52.9 Å². The number of sulfone groups is 1. The molecule has 25 heavy (non-hydrogen) atoms. The Kier molecular flexibility index (Phi) is 4.49. The lowest BCUT2D eigenvalue weighted by Gasteiger charge is -2.08. The minimum absolute atomic E-state index is 0.0635. The molecule has 0 unspecified atom stereocenters. The fraction of sp³-hybridized carbons (Fsp3) is 0.188. The smallest absolute Gasteiger partial charge is 0.253 e. The Morgan fingerprint density at radius 2 is 2.04 bits per heavy atom. The second-order valence-corrected chi connectivity index (χ2v) is 8.00. The number of rotatable bonds is 4. The minimum atomic E-state index is -3.38. The number of nitrogens with one attached hydrogen (secondary N) is 1. The van der Waals surface area contributed by atoms with Gasteiger partial charge in [-0.2, -0.15) is 0 Å². The Morgan fingerprint density at radius 3 is 2.72 bits per heavy atom. The third kappa shape index (κ3) is 3.49. The number of amides is 1. The molecule has 9 heteroatoms. The molecule has 3 rings (SSSR count). The first-order valence-electron chi connectivity index (χ1n) is 7.30. The molecule has 1 amide bonds. The van der Waals surface area contributed by atoms with Gasteiger partial charge in [0.15, 0.2) is 15.5 Å². The van der Waals surface area contributed by atoms with E-state index in [9.17, 15) is 13.2 Å². The van der Waals surface area contributed by atoms with E-state index in [2.05, 4.69) is 15.3 Å². The molecule has 7 nitrogen and oxygen atoms in total. The van der Waals surface area contributed by atoms with Gasteiger partial charge >= 0.3 is 0 Å². The maximum absolute atomic E-state index is 12.4. The topological polar surface area (TPSA) is 94.0 Å². The van der Waals surface area contributed by atoms with Crippen molar-refractivity contribution in [2.75, 3.05) is 6.26 Å². The number of benzene rings is 1. The molecule has 2 aromatic heterocycles. The predicted molar refractivity (Wildman–Crippen MR) is 94.2 cm³/mol. The summed E-state index contributed by atoms with van der Waals surface area (Å²) in [6, 6.07) is 6.18. The van der Waals surface area contributed by atoms with Crippen molar-refractivity contribution >= 4 is 38.5 Å². The highest BCUT2D eigenvalue weighted by Crippen LogP contribution is 2.22. The number of carbonyl (C=O) groups excluding carboxylic acids is 1. The summed E-state index contributed by atoms with van der Waals surface area (Å²) < 4.78 is 24.9. The standard InChI is InChI=1S/C16H15ClN4O3S/c1-21-9-20-14-11(5-6-18-15(14)21)16(22)19-8-10-3-4-13(12(17)7-10)25(2,23)24/h3-7,9H,8H2,1-2H3,(H,19,22). The van der Waals surface area contributed by atoms with Gasteiger partial charge in [-0.05, 0) is 23.8 Å². The zero-order chi connectivity index (χ0) is 18.2. The maximum Gasteiger partial charge on any atom is 0.253 e. The molecule has 0 atom stereocenters. The SMILES string of the molecule is Cn1cnc2c(C(=O)NCc3ccc(S(C)(=O)=O)c(Cl)c3)ccnc21. The van der Waals surface area contributed by atoms with Crippen LogP contribution >= 0.6 is 11.6 Å². The molecular weight excluding hydrogens is 364 g/mol. The summed E-state index contributed by atoms with van der Waals surface area (Å²) >= 11 is 6.01. The van der Waals surface area contributed by atoms with Crippen molar-refractivity contribution in [3.8, 4) is 0 Å². The number of fused-ring (bicyclic) bond motifs is 1. The van der Waals surface area contributed by atoms with E-state index < -0.39 is 9.84 Å². The van der Waals surface area contributed by atoms with Crippen LogP contribution in [0.3, 0.4) is 0 Å². The fourth-order valence-electron chi connectivity index (χ4n) is 2.44. The van der Waals surface area contributed by atoms with Crippen molar-refractivity contribution in [2.45, 2.75) is 11.4 Å². The highest BCUT2D eigenvalue weighted by Gasteiger charge is 2.15. The van der Waals surface area contributed by atoms with E-state index in [4.69, 9.17) is 11.6 Å². The van der Waals surface area contributed by atoms with Crippen molar-refractivity contribution in [2.24, 2.45) is 7.05 Å². The molecule has 0 spiro atoms. The van der Waals surface area contributed by atoms with E-state index in [1.807, 2.05) is 0 Å². The lowest BCUT2D eigenvalue weighted by molar-refractivity contribution is 0.0952. The molecular formula is C16H15ClN4O3S. The van der Waals surface area contributed by atoms with Crippen LogP contribution in [0, 0.1) is 0 Å². The van der Waals surface area contributed by atoms with Gasteiger partial charge in [-0.15, -0.1) is 0 Å². The number of carbonyl (C=O) groups is 1. The molecule has 0 aliphatic carbocycles. The Labute approximate surface area is 149 Å². The van der Waals surface area contributed by atoms with Crippen molar-refractivity contribution in [3.63, 3.8) is 0 Å². The molecule has 0 aliphatic rings. The van der Waals surface area contributed by atoms with Crippen LogP contribution in [0.1, 0.15) is 15.9 Å². The van der Waals surface area contributed by atoms with Crippen LogP contribution in [-0.2, 0) is 23.4 Å². The van der Waals surface area contributed by atoms with Crippen LogP contribution in [0.4, 0.5) is 0 Å². The van der Waals surface area contributed by atoms with Gasteiger partial charge in [-0.1, -0.05) is 17.7 Å². The van der Waals surface area contributed by atoms with Crippen LogP contribution in [0.5, 0.6) is 0 Å². The van der Waals surface area contributed by atoms with E-state index in [1.165, 1.54) is 12.1 Å². The predicted octanol–water partition coefficient (Wildman–Crippen LogP) is 1.96. The van der Waals surface area contributed by atoms with E-state index >= 15 is 0 Å². The van der Waals surface area contributed by atoms with Crippen LogP contribution in [0.15, 0.2) is 41.7 Å². The van der Waals surface area contributed by atoms with Gasteiger partial charge < -0.3 is 9.88 Å². The Bertz CT molecular complexity index is 1080. The second-order valence-electron chi connectivity index (χ2n) is 5.61. The molecule has 0 bridgehead atoms. The van der Waals surface area contributed by atoms with Crippen LogP contribution in [-0.4, -0.2) is 35.1 Å². The number of halogens is 1.